The maximum absolute atomic E-state index is 11.1. The number of carbonyl (C=O) groups excluding carboxylic acids is 1. The van der Waals surface area contributed by atoms with E-state index in [0.29, 0.717) is 11.6 Å². The molecule has 104 valence electrons. The van der Waals surface area contributed by atoms with E-state index in [4.69, 9.17) is 5.73 Å². The average Bonchev–Trinajstić information content (AvgIpc) is 3.19. The van der Waals surface area contributed by atoms with Gasteiger partial charge in [-0.25, -0.2) is 0 Å². The molecule has 1 aromatic rings. The van der Waals surface area contributed by atoms with Crippen LogP contribution in [0.2, 0.25) is 0 Å². The number of nitrogens with two attached hydrogens (primary N) is 1. The second kappa shape index (κ2) is 6.20. The van der Waals surface area contributed by atoms with E-state index in [0.717, 1.165) is 18.0 Å². The fourth-order valence-electron chi connectivity index (χ4n) is 2.45. The molecule has 3 heteroatoms. The summed E-state index contributed by atoms with van der Waals surface area (Å²) in [7, 11) is 0. The molecule has 0 radical (unpaired) electrons. The molecule has 1 aromatic carbocycles. The predicted molar refractivity (Wildman–Crippen MR) is 78.0 cm³/mol. The van der Waals surface area contributed by atoms with Gasteiger partial charge in [-0.15, -0.1) is 0 Å². The van der Waals surface area contributed by atoms with Crippen molar-refractivity contribution in [3.8, 4) is 0 Å². The fourth-order valence-corrected chi connectivity index (χ4v) is 2.45. The Bertz CT molecular complexity index is 452. The van der Waals surface area contributed by atoms with Crippen LogP contribution in [0.5, 0.6) is 0 Å². The highest BCUT2D eigenvalue weighted by molar-refractivity contribution is 5.93. The van der Waals surface area contributed by atoms with Gasteiger partial charge in [0.25, 0.3) is 0 Å². The van der Waals surface area contributed by atoms with Gasteiger partial charge in [-0.2, -0.15) is 0 Å². The lowest BCUT2D eigenvalue weighted by molar-refractivity contribution is 0.1000. The van der Waals surface area contributed by atoms with Gasteiger partial charge >= 0.3 is 0 Å². The maximum Gasteiger partial charge on any atom is 0.248 e. The molecule has 2 rings (SSSR count). The Labute approximate surface area is 115 Å². The molecule has 1 atom stereocenters. The van der Waals surface area contributed by atoms with Crippen molar-refractivity contribution in [2.45, 2.75) is 52.1 Å². The zero-order chi connectivity index (χ0) is 13.8. The number of benzene rings is 1. The van der Waals surface area contributed by atoms with Gasteiger partial charge in [0.2, 0.25) is 5.91 Å². The number of amides is 1. The van der Waals surface area contributed by atoms with Crippen LogP contribution in [-0.4, -0.2) is 11.9 Å². The van der Waals surface area contributed by atoms with Crippen LogP contribution in [0.1, 0.15) is 54.1 Å². The summed E-state index contributed by atoms with van der Waals surface area (Å²) in [6.45, 7) is 5.14. The predicted octanol–water partition coefficient (Wildman–Crippen LogP) is 2.76. The minimum Gasteiger partial charge on any atom is -0.366 e. The summed E-state index contributed by atoms with van der Waals surface area (Å²) in [6, 6.07) is 6.31. The highest BCUT2D eigenvalue weighted by atomic mass is 16.1. The molecule has 0 aliphatic heterocycles. The van der Waals surface area contributed by atoms with E-state index in [1.807, 2.05) is 25.1 Å². The standard InChI is InChI=1S/C16H24N2O/c1-3-15(9-12-4-5-12)18-10-14-7-6-13(16(17)19)8-11(14)2/h6-8,12,15,18H,3-5,9-10H2,1-2H3,(H2,17,19). The van der Waals surface area contributed by atoms with Gasteiger partial charge in [0.05, 0.1) is 0 Å². The molecular formula is C16H24N2O. The van der Waals surface area contributed by atoms with Gasteiger partial charge in [-0.05, 0) is 48.9 Å². The van der Waals surface area contributed by atoms with Crippen LogP contribution in [0.25, 0.3) is 0 Å². The van der Waals surface area contributed by atoms with Crippen molar-refractivity contribution in [2.75, 3.05) is 0 Å². The van der Waals surface area contributed by atoms with Gasteiger partial charge in [-0.1, -0.05) is 25.8 Å². The van der Waals surface area contributed by atoms with E-state index in [9.17, 15) is 4.79 Å². The van der Waals surface area contributed by atoms with E-state index in [2.05, 4.69) is 12.2 Å². The second-order valence-corrected chi connectivity index (χ2v) is 5.67. The number of carbonyl (C=O) groups is 1. The molecule has 1 fully saturated rings. The topological polar surface area (TPSA) is 55.1 Å². The summed E-state index contributed by atoms with van der Waals surface area (Å²) >= 11 is 0. The number of aryl methyl sites for hydroxylation is 1. The molecule has 1 aliphatic rings. The van der Waals surface area contributed by atoms with Crippen molar-refractivity contribution in [1.29, 1.82) is 0 Å². The van der Waals surface area contributed by atoms with Crippen LogP contribution in [0.15, 0.2) is 18.2 Å². The SMILES string of the molecule is CCC(CC1CC1)NCc1ccc(C(N)=O)cc1C. The number of rotatable bonds is 7. The molecule has 0 heterocycles. The third-order valence-corrected chi connectivity index (χ3v) is 4.02. The van der Waals surface area contributed by atoms with Crippen molar-refractivity contribution in [3.63, 3.8) is 0 Å². The third-order valence-electron chi connectivity index (χ3n) is 4.02. The van der Waals surface area contributed by atoms with Gasteiger partial charge in [0.1, 0.15) is 0 Å². The lowest BCUT2D eigenvalue weighted by Crippen LogP contribution is -2.28. The van der Waals surface area contributed by atoms with Crippen molar-refractivity contribution in [2.24, 2.45) is 11.7 Å². The normalized spacial score (nSPS) is 16.3. The Morgan fingerprint density at radius 3 is 2.74 bits per heavy atom. The van der Waals surface area contributed by atoms with Gasteiger partial charge in [-0.3, -0.25) is 4.79 Å². The summed E-state index contributed by atoms with van der Waals surface area (Å²) in [6.07, 6.45) is 5.29. The number of primary amides is 1. The third kappa shape index (κ3) is 4.06. The molecule has 0 saturated heterocycles. The van der Waals surface area contributed by atoms with Crippen molar-refractivity contribution in [3.05, 3.63) is 34.9 Å². The molecule has 3 nitrogen and oxygen atoms in total. The summed E-state index contributed by atoms with van der Waals surface area (Å²) in [5.74, 6) is 0.596. The highest BCUT2D eigenvalue weighted by Crippen LogP contribution is 2.34. The van der Waals surface area contributed by atoms with E-state index >= 15 is 0 Å². The Kier molecular flexibility index (Phi) is 4.59. The Morgan fingerprint density at radius 2 is 2.21 bits per heavy atom. The monoisotopic (exact) mass is 260 g/mol. The molecule has 0 spiro atoms. The minimum absolute atomic E-state index is 0.359. The zero-order valence-electron chi connectivity index (χ0n) is 11.9. The largest absolute Gasteiger partial charge is 0.366 e. The lowest BCUT2D eigenvalue weighted by atomic mass is 10.0. The van der Waals surface area contributed by atoms with E-state index in [-0.39, 0.29) is 5.91 Å². The van der Waals surface area contributed by atoms with Crippen molar-refractivity contribution < 1.29 is 4.79 Å². The first kappa shape index (κ1) is 14.1. The number of hydrogen-bond donors (Lipinski definition) is 2. The van der Waals surface area contributed by atoms with Crippen LogP contribution in [0.4, 0.5) is 0 Å². The highest BCUT2D eigenvalue weighted by Gasteiger charge is 2.24. The first-order valence-electron chi connectivity index (χ1n) is 7.22. The number of nitrogens with one attached hydrogen (secondary N) is 1. The summed E-state index contributed by atoms with van der Waals surface area (Å²) < 4.78 is 0. The molecule has 1 aliphatic carbocycles. The smallest absolute Gasteiger partial charge is 0.248 e. The lowest BCUT2D eigenvalue weighted by Gasteiger charge is -2.17. The second-order valence-electron chi connectivity index (χ2n) is 5.67. The van der Waals surface area contributed by atoms with Gasteiger partial charge < -0.3 is 11.1 Å². The summed E-state index contributed by atoms with van der Waals surface area (Å²) in [5, 5.41) is 3.63. The molecule has 1 unspecified atom stereocenters. The zero-order valence-corrected chi connectivity index (χ0v) is 11.9. The van der Waals surface area contributed by atoms with Crippen LogP contribution in [-0.2, 0) is 6.54 Å². The van der Waals surface area contributed by atoms with Crippen LogP contribution in [0.3, 0.4) is 0 Å². The Balaban J connectivity index is 1.92. The van der Waals surface area contributed by atoms with Gasteiger partial charge in [0, 0.05) is 18.2 Å². The van der Waals surface area contributed by atoms with Crippen LogP contribution < -0.4 is 11.1 Å². The Hall–Kier alpha value is -1.35. The first-order valence-corrected chi connectivity index (χ1v) is 7.22. The van der Waals surface area contributed by atoms with E-state index < -0.39 is 0 Å². The summed E-state index contributed by atoms with van der Waals surface area (Å²) in [5.41, 5.74) is 8.25. The minimum atomic E-state index is -0.359. The average molecular weight is 260 g/mol. The van der Waals surface area contributed by atoms with Crippen LogP contribution >= 0.6 is 0 Å². The molecule has 1 saturated carbocycles. The molecule has 0 bridgehead atoms. The van der Waals surface area contributed by atoms with E-state index in [1.165, 1.54) is 31.2 Å². The van der Waals surface area contributed by atoms with Gasteiger partial charge in [0.15, 0.2) is 0 Å². The van der Waals surface area contributed by atoms with Crippen molar-refractivity contribution >= 4 is 5.91 Å². The fraction of sp³-hybridized carbons (Fsp3) is 0.562. The maximum atomic E-state index is 11.1. The van der Waals surface area contributed by atoms with E-state index in [1.54, 1.807) is 0 Å². The summed E-state index contributed by atoms with van der Waals surface area (Å²) in [4.78, 5) is 11.1. The first-order chi connectivity index (χ1) is 9.10. The molecule has 3 N–H and O–H groups in total. The molecule has 0 aromatic heterocycles. The number of hydrogen-bond acceptors (Lipinski definition) is 2. The molecule has 19 heavy (non-hydrogen) atoms. The quantitative estimate of drug-likeness (QED) is 0.792. The molecule has 1 amide bonds. The Morgan fingerprint density at radius 1 is 1.47 bits per heavy atom. The van der Waals surface area contributed by atoms with Crippen LogP contribution in [0, 0.1) is 12.8 Å². The molecular weight excluding hydrogens is 236 g/mol. The van der Waals surface area contributed by atoms with Crippen molar-refractivity contribution in [1.82, 2.24) is 5.32 Å².